The highest BCUT2D eigenvalue weighted by Crippen LogP contribution is 2.42. The van der Waals surface area contributed by atoms with Crippen molar-refractivity contribution >= 4 is 21.5 Å². The van der Waals surface area contributed by atoms with Gasteiger partial charge in [0.1, 0.15) is 0 Å². The molecular formula is C30H18O4. The fourth-order valence-electron chi connectivity index (χ4n) is 4.50. The standard InChI is InChI=1S/C30H18O4/c31-29-23-17-9-7-15-21(23)25(19-11-3-1-4-12-19)27(33-29)28-26(20-13-5-2-6-14-20)22-16-8-10-18-24(22)30(32)34-28/h1-18H. The Morgan fingerprint density at radius 3 is 1.09 bits per heavy atom. The molecule has 0 fully saturated rings. The molecule has 34 heavy (non-hydrogen) atoms. The number of rotatable bonds is 3. The fraction of sp³-hybridized carbons (Fsp3) is 0. The summed E-state index contributed by atoms with van der Waals surface area (Å²) in [5, 5.41) is 2.40. The Kier molecular flexibility index (Phi) is 4.70. The molecule has 0 radical (unpaired) electrons. The lowest BCUT2D eigenvalue weighted by molar-refractivity contribution is 0.480. The summed E-state index contributed by atoms with van der Waals surface area (Å²) in [6, 6.07) is 34.0. The molecule has 2 aromatic heterocycles. The third-order valence-corrected chi connectivity index (χ3v) is 6.01. The molecule has 0 atom stereocenters. The summed E-state index contributed by atoms with van der Waals surface area (Å²) >= 11 is 0. The first-order valence-electron chi connectivity index (χ1n) is 11.0. The molecule has 0 bridgehead atoms. The SMILES string of the molecule is O=c1oc(-c2oc(=O)c3ccccc3c2-c2ccccc2)c(-c2ccccc2)c2ccccc12. The van der Waals surface area contributed by atoms with E-state index in [0.717, 1.165) is 21.9 Å². The molecule has 6 aromatic rings. The van der Waals surface area contributed by atoms with Crippen LogP contribution < -0.4 is 11.3 Å². The molecule has 0 amide bonds. The predicted molar refractivity (Wildman–Crippen MR) is 135 cm³/mol. The first-order chi connectivity index (χ1) is 16.7. The lowest BCUT2D eigenvalue weighted by Gasteiger charge is -2.15. The quantitative estimate of drug-likeness (QED) is 0.299. The topological polar surface area (TPSA) is 60.4 Å². The summed E-state index contributed by atoms with van der Waals surface area (Å²) in [5.41, 5.74) is 2.14. The minimum atomic E-state index is -0.486. The van der Waals surface area contributed by atoms with Crippen molar-refractivity contribution in [3.63, 3.8) is 0 Å². The molecule has 0 aliphatic rings. The van der Waals surface area contributed by atoms with Crippen LogP contribution in [0.2, 0.25) is 0 Å². The minimum absolute atomic E-state index is 0.233. The summed E-state index contributed by atoms with van der Waals surface area (Å²) in [6.07, 6.45) is 0. The molecule has 6 rings (SSSR count). The highest BCUT2D eigenvalue weighted by molar-refractivity contribution is 6.06. The first-order valence-corrected chi connectivity index (χ1v) is 11.0. The maximum Gasteiger partial charge on any atom is 0.344 e. The summed E-state index contributed by atoms with van der Waals surface area (Å²) in [4.78, 5) is 26.1. The molecule has 4 nitrogen and oxygen atoms in total. The molecule has 2 heterocycles. The predicted octanol–water partition coefficient (Wildman–Crippen LogP) is 6.90. The second-order valence-corrected chi connectivity index (χ2v) is 8.01. The van der Waals surface area contributed by atoms with Crippen molar-refractivity contribution in [2.24, 2.45) is 0 Å². The highest BCUT2D eigenvalue weighted by atomic mass is 16.4. The van der Waals surface area contributed by atoms with E-state index in [1.54, 1.807) is 24.3 Å². The van der Waals surface area contributed by atoms with Crippen LogP contribution in [0.3, 0.4) is 0 Å². The lowest BCUT2D eigenvalue weighted by atomic mass is 9.92. The van der Waals surface area contributed by atoms with Gasteiger partial charge in [0.25, 0.3) is 0 Å². The fourth-order valence-corrected chi connectivity index (χ4v) is 4.50. The van der Waals surface area contributed by atoms with Gasteiger partial charge in [0.05, 0.1) is 10.8 Å². The smallest absolute Gasteiger partial charge is 0.344 e. The van der Waals surface area contributed by atoms with Crippen molar-refractivity contribution in [3.8, 4) is 33.8 Å². The Balaban J connectivity index is 1.83. The van der Waals surface area contributed by atoms with Crippen LogP contribution >= 0.6 is 0 Å². The Hall–Kier alpha value is -4.70. The molecule has 0 aliphatic carbocycles. The van der Waals surface area contributed by atoms with Crippen LogP contribution in [0.4, 0.5) is 0 Å². The molecule has 162 valence electrons. The number of benzene rings is 4. The molecule has 4 heteroatoms. The van der Waals surface area contributed by atoms with Crippen molar-refractivity contribution < 1.29 is 8.83 Å². The summed E-state index contributed by atoms with van der Waals surface area (Å²) < 4.78 is 11.9. The average molecular weight is 442 g/mol. The number of fused-ring (bicyclic) bond motifs is 2. The van der Waals surface area contributed by atoms with Gasteiger partial charge in [-0.3, -0.25) is 0 Å². The van der Waals surface area contributed by atoms with E-state index in [4.69, 9.17) is 8.83 Å². The van der Waals surface area contributed by atoms with Gasteiger partial charge in [-0.05, 0) is 23.3 Å². The van der Waals surface area contributed by atoms with E-state index in [-0.39, 0.29) is 11.5 Å². The second-order valence-electron chi connectivity index (χ2n) is 8.01. The Bertz CT molecular complexity index is 1640. The van der Waals surface area contributed by atoms with E-state index in [0.29, 0.717) is 21.9 Å². The normalized spacial score (nSPS) is 11.2. The van der Waals surface area contributed by atoms with Crippen LogP contribution in [-0.2, 0) is 0 Å². The zero-order valence-corrected chi connectivity index (χ0v) is 18.0. The van der Waals surface area contributed by atoms with Crippen LogP contribution in [0.5, 0.6) is 0 Å². The molecule has 0 saturated carbocycles. The number of hydrogen-bond donors (Lipinski definition) is 0. The van der Waals surface area contributed by atoms with Crippen LogP contribution in [0, 0.1) is 0 Å². The van der Waals surface area contributed by atoms with Gasteiger partial charge in [-0.15, -0.1) is 0 Å². The van der Waals surface area contributed by atoms with E-state index >= 15 is 0 Å². The van der Waals surface area contributed by atoms with Crippen molar-refractivity contribution in [2.45, 2.75) is 0 Å². The lowest BCUT2D eigenvalue weighted by Crippen LogP contribution is -2.07. The molecule has 0 N–H and O–H groups in total. The van der Waals surface area contributed by atoms with Gasteiger partial charge in [-0.2, -0.15) is 0 Å². The Morgan fingerprint density at radius 1 is 0.382 bits per heavy atom. The maximum atomic E-state index is 13.1. The molecule has 0 spiro atoms. The zero-order valence-electron chi connectivity index (χ0n) is 18.0. The monoisotopic (exact) mass is 442 g/mol. The van der Waals surface area contributed by atoms with E-state index in [1.165, 1.54) is 0 Å². The van der Waals surface area contributed by atoms with Crippen LogP contribution in [0.1, 0.15) is 0 Å². The molecule has 0 aliphatic heterocycles. The van der Waals surface area contributed by atoms with Gasteiger partial charge < -0.3 is 8.83 Å². The Morgan fingerprint density at radius 2 is 0.706 bits per heavy atom. The van der Waals surface area contributed by atoms with E-state index in [2.05, 4.69) is 0 Å². The van der Waals surface area contributed by atoms with Gasteiger partial charge in [-0.1, -0.05) is 97.1 Å². The third kappa shape index (κ3) is 3.16. The van der Waals surface area contributed by atoms with E-state index in [1.807, 2.05) is 84.9 Å². The largest absolute Gasteiger partial charge is 0.418 e. The second kappa shape index (κ2) is 8.01. The van der Waals surface area contributed by atoms with E-state index < -0.39 is 11.3 Å². The van der Waals surface area contributed by atoms with Crippen LogP contribution in [-0.4, -0.2) is 0 Å². The average Bonchev–Trinajstić information content (AvgIpc) is 2.89. The van der Waals surface area contributed by atoms with Gasteiger partial charge >= 0.3 is 11.3 Å². The van der Waals surface area contributed by atoms with Gasteiger partial charge in [0, 0.05) is 21.9 Å². The summed E-state index contributed by atoms with van der Waals surface area (Å²) in [7, 11) is 0. The third-order valence-electron chi connectivity index (χ3n) is 6.01. The first kappa shape index (κ1) is 19.9. The van der Waals surface area contributed by atoms with Gasteiger partial charge in [0.15, 0.2) is 11.5 Å². The van der Waals surface area contributed by atoms with Crippen molar-refractivity contribution in [1.29, 1.82) is 0 Å². The summed E-state index contributed by atoms with van der Waals surface area (Å²) in [5.74, 6) is 0.466. The number of hydrogen-bond acceptors (Lipinski definition) is 4. The molecule has 0 saturated heterocycles. The summed E-state index contributed by atoms with van der Waals surface area (Å²) in [6.45, 7) is 0. The van der Waals surface area contributed by atoms with Gasteiger partial charge in [0.2, 0.25) is 0 Å². The van der Waals surface area contributed by atoms with Crippen LogP contribution in [0.15, 0.2) is 128 Å². The molecule has 0 unspecified atom stereocenters. The van der Waals surface area contributed by atoms with Crippen molar-refractivity contribution in [3.05, 3.63) is 130 Å². The molecular weight excluding hydrogens is 424 g/mol. The molecule has 4 aromatic carbocycles. The van der Waals surface area contributed by atoms with Crippen molar-refractivity contribution in [1.82, 2.24) is 0 Å². The van der Waals surface area contributed by atoms with Gasteiger partial charge in [-0.25, -0.2) is 9.59 Å². The van der Waals surface area contributed by atoms with Crippen LogP contribution in [0.25, 0.3) is 55.3 Å². The Labute approximate surface area is 194 Å². The van der Waals surface area contributed by atoms with Crippen molar-refractivity contribution in [2.75, 3.05) is 0 Å². The zero-order chi connectivity index (χ0) is 23.1. The highest BCUT2D eigenvalue weighted by Gasteiger charge is 2.24. The maximum absolute atomic E-state index is 13.1. The van der Waals surface area contributed by atoms with E-state index in [9.17, 15) is 9.59 Å². The minimum Gasteiger partial charge on any atom is -0.418 e.